The van der Waals surface area contributed by atoms with Crippen LogP contribution in [0, 0.1) is 0 Å². The minimum atomic E-state index is 0.268. The van der Waals surface area contributed by atoms with Crippen LogP contribution >= 0.6 is 0 Å². The van der Waals surface area contributed by atoms with Crippen LogP contribution in [0.3, 0.4) is 0 Å². The van der Waals surface area contributed by atoms with E-state index in [4.69, 9.17) is 10.2 Å². The Hall–Kier alpha value is -0.340. The molecule has 0 aromatic carbocycles. The zero-order valence-electron chi connectivity index (χ0n) is 6.29. The first-order valence-corrected chi connectivity index (χ1v) is 3.78. The van der Waals surface area contributed by atoms with Gasteiger partial charge in [0.25, 0.3) is 0 Å². The standard InChI is InChI=1S/C8H16O2/c9-7-5-3-1-2-4-6-8-10/h1-2,9-10H,3-8H2/b2-1-. The van der Waals surface area contributed by atoms with Crippen molar-refractivity contribution in [1.29, 1.82) is 0 Å². The molecule has 10 heavy (non-hydrogen) atoms. The van der Waals surface area contributed by atoms with Crippen LogP contribution in [-0.2, 0) is 0 Å². The van der Waals surface area contributed by atoms with Gasteiger partial charge in [-0.15, -0.1) is 0 Å². The molecule has 2 N–H and O–H groups in total. The smallest absolute Gasteiger partial charge is 0.0433 e. The second-order valence-corrected chi connectivity index (χ2v) is 2.20. The molecule has 60 valence electrons. The zero-order valence-corrected chi connectivity index (χ0v) is 6.29. The average Bonchev–Trinajstić information content (AvgIpc) is 1.97. The molecule has 0 fully saturated rings. The van der Waals surface area contributed by atoms with Gasteiger partial charge in [0, 0.05) is 13.2 Å². The molecule has 0 amide bonds. The number of aliphatic hydroxyl groups is 2. The Labute approximate surface area is 62.2 Å². The lowest BCUT2D eigenvalue weighted by Crippen LogP contribution is -1.80. The van der Waals surface area contributed by atoms with E-state index in [1.807, 2.05) is 12.2 Å². The van der Waals surface area contributed by atoms with E-state index in [-0.39, 0.29) is 13.2 Å². The molecule has 0 spiro atoms. The summed E-state index contributed by atoms with van der Waals surface area (Å²) in [5, 5.41) is 16.8. The van der Waals surface area contributed by atoms with Crippen molar-refractivity contribution >= 4 is 0 Å². The number of hydrogen-bond donors (Lipinski definition) is 2. The molecule has 0 bridgehead atoms. The van der Waals surface area contributed by atoms with E-state index in [0.717, 1.165) is 25.7 Å². The Morgan fingerprint density at radius 1 is 0.800 bits per heavy atom. The summed E-state index contributed by atoms with van der Waals surface area (Å²) in [6.07, 6.45) is 7.67. The Morgan fingerprint density at radius 2 is 1.20 bits per heavy atom. The first-order chi connectivity index (χ1) is 4.91. The number of aliphatic hydroxyl groups excluding tert-OH is 2. The minimum Gasteiger partial charge on any atom is -0.396 e. The van der Waals surface area contributed by atoms with Crippen LogP contribution in [0.1, 0.15) is 25.7 Å². The molecule has 0 rings (SSSR count). The highest BCUT2D eigenvalue weighted by Gasteiger charge is 1.79. The highest BCUT2D eigenvalue weighted by molar-refractivity contribution is 4.80. The van der Waals surface area contributed by atoms with Gasteiger partial charge < -0.3 is 10.2 Å². The maximum absolute atomic E-state index is 8.40. The first kappa shape index (κ1) is 9.66. The summed E-state index contributed by atoms with van der Waals surface area (Å²) in [5.74, 6) is 0. The maximum Gasteiger partial charge on any atom is 0.0433 e. The van der Waals surface area contributed by atoms with Crippen LogP contribution < -0.4 is 0 Å². The molecule has 0 radical (unpaired) electrons. The molecule has 0 aliphatic carbocycles. The van der Waals surface area contributed by atoms with E-state index < -0.39 is 0 Å². The Bertz CT molecular complexity index is 69.3. The van der Waals surface area contributed by atoms with Gasteiger partial charge in [-0.1, -0.05) is 12.2 Å². The van der Waals surface area contributed by atoms with Crippen molar-refractivity contribution in [3.63, 3.8) is 0 Å². The fourth-order valence-electron chi connectivity index (χ4n) is 0.654. The van der Waals surface area contributed by atoms with Gasteiger partial charge in [-0.2, -0.15) is 0 Å². The molecule has 0 aromatic rings. The molecular formula is C8H16O2. The minimum absolute atomic E-state index is 0.268. The summed E-state index contributed by atoms with van der Waals surface area (Å²) in [7, 11) is 0. The van der Waals surface area contributed by atoms with Crippen molar-refractivity contribution in [1.82, 2.24) is 0 Å². The fourth-order valence-corrected chi connectivity index (χ4v) is 0.654. The van der Waals surface area contributed by atoms with E-state index in [9.17, 15) is 0 Å². The van der Waals surface area contributed by atoms with Crippen LogP contribution in [-0.4, -0.2) is 23.4 Å². The van der Waals surface area contributed by atoms with Crippen molar-refractivity contribution in [2.45, 2.75) is 25.7 Å². The number of rotatable bonds is 6. The molecule has 2 heteroatoms. The number of hydrogen-bond acceptors (Lipinski definition) is 2. The first-order valence-electron chi connectivity index (χ1n) is 3.78. The van der Waals surface area contributed by atoms with Gasteiger partial charge in [0.05, 0.1) is 0 Å². The van der Waals surface area contributed by atoms with Crippen LogP contribution in [0.25, 0.3) is 0 Å². The van der Waals surface area contributed by atoms with E-state index in [0.29, 0.717) is 0 Å². The Kier molecular flexibility index (Phi) is 8.37. The fraction of sp³-hybridized carbons (Fsp3) is 0.750. The van der Waals surface area contributed by atoms with Crippen molar-refractivity contribution in [3.05, 3.63) is 12.2 Å². The van der Waals surface area contributed by atoms with E-state index in [1.165, 1.54) is 0 Å². The molecule has 0 unspecified atom stereocenters. The van der Waals surface area contributed by atoms with Crippen molar-refractivity contribution in [2.24, 2.45) is 0 Å². The summed E-state index contributed by atoms with van der Waals surface area (Å²) in [6, 6.07) is 0. The highest BCUT2D eigenvalue weighted by atomic mass is 16.3. The predicted molar refractivity (Wildman–Crippen MR) is 41.8 cm³/mol. The zero-order chi connectivity index (χ0) is 7.66. The molecule has 0 aliphatic rings. The van der Waals surface area contributed by atoms with E-state index in [2.05, 4.69) is 0 Å². The second kappa shape index (κ2) is 8.66. The lowest BCUT2D eigenvalue weighted by molar-refractivity contribution is 0.288. The second-order valence-electron chi connectivity index (χ2n) is 2.20. The monoisotopic (exact) mass is 144 g/mol. The topological polar surface area (TPSA) is 40.5 Å². The van der Waals surface area contributed by atoms with Gasteiger partial charge in [0.2, 0.25) is 0 Å². The van der Waals surface area contributed by atoms with Gasteiger partial charge in [0.1, 0.15) is 0 Å². The number of unbranched alkanes of at least 4 members (excludes halogenated alkanes) is 2. The Balaban J connectivity index is 2.89. The van der Waals surface area contributed by atoms with Crippen LogP contribution in [0.4, 0.5) is 0 Å². The summed E-state index contributed by atoms with van der Waals surface area (Å²) in [6.45, 7) is 0.536. The third kappa shape index (κ3) is 7.66. The average molecular weight is 144 g/mol. The van der Waals surface area contributed by atoms with Crippen molar-refractivity contribution in [2.75, 3.05) is 13.2 Å². The van der Waals surface area contributed by atoms with Crippen molar-refractivity contribution in [3.8, 4) is 0 Å². The SMILES string of the molecule is OCCC/C=C\CCCO. The molecule has 0 aromatic heterocycles. The Morgan fingerprint density at radius 3 is 1.50 bits per heavy atom. The highest BCUT2D eigenvalue weighted by Crippen LogP contribution is 1.93. The lowest BCUT2D eigenvalue weighted by Gasteiger charge is -1.89. The summed E-state index contributed by atoms with van der Waals surface area (Å²) in [5.41, 5.74) is 0. The van der Waals surface area contributed by atoms with Crippen LogP contribution in [0.2, 0.25) is 0 Å². The van der Waals surface area contributed by atoms with Crippen LogP contribution in [0.5, 0.6) is 0 Å². The molecule has 0 saturated heterocycles. The molecular weight excluding hydrogens is 128 g/mol. The molecule has 0 atom stereocenters. The molecule has 0 heterocycles. The molecule has 0 saturated carbocycles. The third-order valence-electron chi connectivity index (χ3n) is 1.22. The summed E-state index contributed by atoms with van der Waals surface area (Å²) >= 11 is 0. The van der Waals surface area contributed by atoms with Gasteiger partial charge in [-0.3, -0.25) is 0 Å². The number of allylic oxidation sites excluding steroid dienone is 2. The van der Waals surface area contributed by atoms with Gasteiger partial charge in [0.15, 0.2) is 0 Å². The quantitative estimate of drug-likeness (QED) is 0.432. The van der Waals surface area contributed by atoms with Gasteiger partial charge >= 0.3 is 0 Å². The summed E-state index contributed by atoms with van der Waals surface area (Å²) < 4.78 is 0. The lowest BCUT2D eigenvalue weighted by atomic mass is 10.2. The predicted octanol–water partition coefficient (Wildman–Crippen LogP) is 1.09. The maximum atomic E-state index is 8.40. The van der Waals surface area contributed by atoms with Crippen molar-refractivity contribution < 1.29 is 10.2 Å². The normalized spacial score (nSPS) is 11.0. The largest absolute Gasteiger partial charge is 0.396 e. The molecule has 2 nitrogen and oxygen atoms in total. The van der Waals surface area contributed by atoms with Gasteiger partial charge in [-0.05, 0) is 25.7 Å². The summed E-state index contributed by atoms with van der Waals surface area (Å²) in [4.78, 5) is 0. The van der Waals surface area contributed by atoms with E-state index >= 15 is 0 Å². The van der Waals surface area contributed by atoms with Gasteiger partial charge in [-0.25, -0.2) is 0 Å². The molecule has 0 aliphatic heterocycles. The van der Waals surface area contributed by atoms with E-state index in [1.54, 1.807) is 0 Å². The third-order valence-corrected chi connectivity index (χ3v) is 1.22. The van der Waals surface area contributed by atoms with Crippen LogP contribution in [0.15, 0.2) is 12.2 Å².